The van der Waals surface area contributed by atoms with Gasteiger partial charge in [0.2, 0.25) is 0 Å². The summed E-state index contributed by atoms with van der Waals surface area (Å²) in [5.41, 5.74) is 0.717. The molecule has 0 bridgehead atoms. The molecule has 0 aromatic carbocycles. The minimum absolute atomic E-state index is 0.0544. The Balaban J connectivity index is 1.36. The van der Waals surface area contributed by atoms with Gasteiger partial charge >= 0.3 is 0 Å². The van der Waals surface area contributed by atoms with Crippen LogP contribution in [0.25, 0.3) is 0 Å². The highest BCUT2D eigenvalue weighted by Crippen LogP contribution is 2.38. The maximum Gasteiger partial charge on any atom is 0.267 e. The highest BCUT2D eigenvalue weighted by molar-refractivity contribution is 5.92. The predicted octanol–water partition coefficient (Wildman–Crippen LogP) is 1.24. The number of amides is 1. The lowest BCUT2D eigenvalue weighted by Gasteiger charge is -2.15. The summed E-state index contributed by atoms with van der Waals surface area (Å²) in [5.74, 6) is 1.11. The predicted molar refractivity (Wildman–Crippen MR) is 87.5 cm³/mol. The van der Waals surface area contributed by atoms with Gasteiger partial charge in [0.15, 0.2) is 0 Å². The fraction of sp³-hybridized carbons (Fsp3) is 0.588. The first-order valence-corrected chi connectivity index (χ1v) is 8.60. The Kier molecular flexibility index (Phi) is 3.88. The summed E-state index contributed by atoms with van der Waals surface area (Å²) in [5, 5.41) is 21.4. The summed E-state index contributed by atoms with van der Waals surface area (Å²) in [6.07, 6.45) is 7.03. The molecule has 4 rings (SSSR count). The van der Waals surface area contributed by atoms with Gasteiger partial charge in [0, 0.05) is 37.7 Å². The molecular weight excluding hydrogens is 306 g/mol. The van der Waals surface area contributed by atoms with Crippen LogP contribution in [-0.2, 0) is 7.05 Å². The molecule has 0 unspecified atom stereocenters. The quantitative estimate of drug-likeness (QED) is 0.864. The van der Waals surface area contributed by atoms with Crippen LogP contribution in [-0.4, -0.2) is 43.0 Å². The topological polar surface area (TPSA) is 85.0 Å². The first-order chi connectivity index (χ1) is 11.6. The molecule has 128 valence electrons. The number of nitrogens with zero attached hydrogens (tertiary/aromatic N) is 4. The average molecular weight is 329 g/mol. The number of aryl methyl sites for hydroxylation is 1. The molecular formula is C17H23N5O2. The van der Waals surface area contributed by atoms with Crippen LogP contribution in [0.2, 0.25) is 0 Å². The van der Waals surface area contributed by atoms with Gasteiger partial charge in [0.05, 0.1) is 6.10 Å². The molecule has 7 nitrogen and oxygen atoms in total. The van der Waals surface area contributed by atoms with E-state index in [0.717, 1.165) is 30.8 Å². The fourth-order valence-electron chi connectivity index (χ4n) is 3.77. The monoisotopic (exact) mass is 329 g/mol. The number of nitrogens with one attached hydrogen (secondary N) is 1. The van der Waals surface area contributed by atoms with Crippen LogP contribution >= 0.6 is 0 Å². The number of aliphatic hydroxyl groups excluding tert-OH is 1. The van der Waals surface area contributed by atoms with Crippen LogP contribution in [0.3, 0.4) is 0 Å². The van der Waals surface area contributed by atoms with Gasteiger partial charge in [0.1, 0.15) is 17.8 Å². The van der Waals surface area contributed by atoms with E-state index in [9.17, 15) is 9.90 Å². The molecule has 24 heavy (non-hydrogen) atoms. The molecule has 2 aromatic heterocycles. The van der Waals surface area contributed by atoms with Crippen molar-refractivity contribution in [3.8, 4) is 0 Å². The number of hydrogen-bond donors (Lipinski definition) is 2. The van der Waals surface area contributed by atoms with Crippen molar-refractivity contribution in [2.45, 2.75) is 43.7 Å². The van der Waals surface area contributed by atoms with E-state index < -0.39 is 6.10 Å². The largest absolute Gasteiger partial charge is 0.393 e. The second kappa shape index (κ2) is 6.05. The van der Waals surface area contributed by atoms with Crippen LogP contribution in [0.15, 0.2) is 24.7 Å². The van der Waals surface area contributed by atoms with Crippen LogP contribution in [0.1, 0.15) is 54.0 Å². The number of aliphatic hydroxyl groups is 1. The SMILES string of the molecule is Cn1cnnc1[C@H]1C[C@H](CNC(=O)c2cccn2C2CC2)[C@H](O)C1. The molecule has 3 atom stereocenters. The van der Waals surface area contributed by atoms with E-state index >= 15 is 0 Å². The van der Waals surface area contributed by atoms with Crippen molar-refractivity contribution in [3.63, 3.8) is 0 Å². The third-order valence-electron chi connectivity index (χ3n) is 5.25. The Morgan fingerprint density at radius 3 is 2.96 bits per heavy atom. The molecule has 0 aliphatic heterocycles. The average Bonchev–Trinajstić information content (AvgIpc) is 2.96. The molecule has 1 amide bonds. The number of carbonyl (C=O) groups is 1. The molecule has 2 heterocycles. The number of rotatable bonds is 5. The van der Waals surface area contributed by atoms with Crippen molar-refractivity contribution in [2.24, 2.45) is 13.0 Å². The molecule has 2 N–H and O–H groups in total. The molecule has 0 radical (unpaired) electrons. The maximum absolute atomic E-state index is 12.4. The smallest absolute Gasteiger partial charge is 0.267 e. The van der Waals surface area contributed by atoms with E-state index in [4.69, 9.17) is 0 Å². The van der Waals surface area contributed by atoms with Crippen LogP contribution in [0, 0.1) is 5.92 Å². The van der Waals surface area contributed by atoms with Gasteiger partial charge in [-0.3, -0.25) is 4.79 Å². The maximum atomic E-state index is 12.4. The van der Waals surface area contributed by atoms with Gasteiger partial charge in [-0.2, -0.15) is 0 Å². The molecule has 2 saturated carbocycles. The zero-order valence-electron chi connectivity index (χ0n) is 13.8. The molecule has 2 aliphatic rings. The minimum Gasteiger partial charge on any atom is -0.393 e. The summed E-state index contributed by atoms with van der Waals surface area (Å²) in [6.45, 7) is 0.490. The molecule has 2 fully saturated rings. The van der Waals surface area contributed by atoms with Crippen molar-refractivity contribution in [2.75, 3.05) is 6.54 Å². The molecule has 7 heteroatoms. The van der Waals surface area contributed by atoms with Gasteiger partial charge < -0.3 is 19.6 Å². The highest BCUT2D eigenvalue weighted by Gasteiger charge is 2.36. The zero-order chi connectivity index (χ0) is 16.7. The van der Waals surface area contributed by atoms with Crippen molar-refractivity contribution < 1.29 is 9.90 Å². The van der Waals surface area contributed by atoms with Crippen molar-refractivity contribution in [1.29, 1.82) is 0 Å². The van der Waals surface area contributed by atoms with E-state index in [0.29, 0.717) is 19.0 Å². The van der Waals surface area contributed by atoms with Crippen LogP contribution in [0.4, 0.5) is 0 Å². The lowest BCUT2D eigenvalue weighted by Crippen LogP contribution is -2.33. The Hall–Kier alpha value is -2.15. The number of hydrogen-bond acceptors (Lipinski definition) is 4. The summed E-state index contributed by atoms with van der Waals surface area (Å²) in [4.78, 5) is 12.4. The number of carbonyl (C=O) groups excluding carboxylic acids is 1. The van der Waals surface area contributed by atoms with Crippen LogP contribution < -0.4 is 5.32 Å². The van der Waals surface area contributed by atoms with Gasteiger partial charge in [-0.05, 0) is 37.8 Å². The van der Waals surface area contributed by atoms with Crippen molar-refractivity contribution in [1.82, 2.24) is 24.6 Å². The second-order valence-electron chi connectivity index (χ2n) is 7.04. The fourth-order valence-corrected chi connectivity index (χ4v) is 3.77. The van der Waals surface area contributed by atoms with Crippen LogP contribution in [0.5, 0.6) is 0 Å². The lowest BCUT2D eigenvalue weighted by molar-refractivity contribution is 0.0907. The highest BCUT2D eigenvalue weighted by atomic mass is 16.3. The molecule has 2 aromatic rings. The first kappa shape index (κ1) is 15.4. The van der Waals surface area contributed by atoms with Crippen molar-refractivity contribution in [3.05, 3.63) is 36.2 Å². The molecule has 0 saturated heterocycles. The molecule has 2 aliphatic carbocycles. The van der Waals surface area contributed by atoms with E-state index in [2.05, 4.69) is 20.1 Å². The third kappa shape index (κ3) is 2.84. The summed E-state index contributed by atoms with van der Waals surface area (Å²) in [7, 11) is 1.92. The van der Waals surface area contributed by atoms with Crippen molar-refractivity contribution >= 4 is 5.91 Å². The summed E-state index contributed by atoms with van der Waals surface area (Å²) >= 11 is 0. The summed E-state index contributed by atoms with van der Waals surface area (Å²) in [6, 6.07) is 4.26. The van der Waals surface area contributed by atoms with Gasteiger partial charge in [0.25, 0.3) is 5.91 Å². The van der Waals surface area contributed by atoms with E-state index in [1.54, 1.807) is 6.33 Å². The van der Waals surface area contributed by atoms with E-state index in [1.165, 1.54) is 0 Å². The first-order valence-electron chi connectivity index (χ1n) is 8.60. The normalized spacial score (nSPS) is 26.7. The van der Waals surface area contributed by atoms with E-state index in [1.807, 2.05) is 29.9 Å². The minimum atomic E-state index is -0.415. The Morgan fingerprint density at radius 1 is 1.42 bits per heavy atom. The van der Waals surface area contributed by atoms with Gasteiger partial charge in [-0.1, -0.05) is 0 Å². The summed E-state index contributed by atoms with van der Waals surface area (Å²) < 4.78 is 3.96. The Bertz CT molecular complexity index is 733. The zero-order valence-corrected chi connectivity index (χ0v) is 13.8. The lowest BCUT2D eigenvalue weighted by atomic mass is 10.0. The second-order valence-corrected chi connectivity index (χ2v) is 7.04. The standard InChI is InChI=1S/C17H23N5O2/c1-21-10-19-20-16(21)11-7-12(15(23)8-11)9-18-17(24)14-3-2-6-22(14)13-4-5-13/h2-3,6,10-13,15,23H,4-5,7-9H2,1H3,(H,18,24)/t11-,12+,15+/m0/s1. The van der Waals surface area contributed by atoms with Gasteiger partial charge in [-0.25, -0.2) is 0 Å². The Morgan fingerprint density at radius 2 is 2.25 bits per heavy atom. The molecule has 0 spiro atoms. The number of aromatic nitrogens is 4. The Labute approximate surface area is 140 Å². The van der Waals surface area contributed by atoms with E-state index in [-0.39, 0.29) is 17.7 Å². The third-order valence-corrected chi connectivity index (χ3v) is 5.25. The van der Waals surface area contributed by atoms with Gasteiger partial charge in [-0.15, -0.1) is 10.2 Å².